The topological polar surface area (TPSA) is 79.5 Å². The van der Waals surface area contributed by atoms with E-state index in [9.17, 15) is 0 Å². The van der Waals surface area contributed by atoms with Gasteiger partial charge in [-0.05, 0) is 6.92 Å². The summed E-state index contributed by atoms with van der Waals surface area (Å²) in [6.07, 6.45) is 0. The van der Waals surface area contributed by atoms with Crippen molar-refractivity contribution in [3.63, 3.8) is 0 Å². The van der Waals surface area contributed by atoms with Gasteiger partial charge in [-0.1, -0.05) is 0 Å². The number of ether oxygens (including phenoxy) is 3. The van der Waals surface area contributed by atoms with E-state index in [1.165, 1.54) is 0 Å². The predicted molar refractivity (Wildman–Crippen MR) is 75.1 cm³/mol. The third-order valence-corrected chi connectivity index (χ3v) is 2.61. The molecule has 0 aliphatic heterocycles. The van der Waals surface area contributed by atoms with E-state index < -0.39 is 0 Å². The number of nitrogens with zero attached hydrogens (tertiary/aromatic N) is 2. The maximum atomic E-state index is 5.67. The van der Waals surface area contributed by atoms with Crippen molar-refractivity contribution >= 4 is 5.82 Å². The van der Waals surface area contributed by atoms with Gasteiger partial charge in [0.05, 0.1) is 14.2 Å². The standard InChI is InChI=1S/C14H17N3O3/c1-9-4-13(15)17-14(16-9)8-20-12-6-10(18-2)5-11(7-12)19-3/h4-7H,8H2,1-3H3,(H2,15,16,17). The summed E-state index contributed by atoms with van der Waals surface area (Å²) in [6.45, 7) is 2.08. The van der Waals surface area contributed by atoms with Crippen molar-refractivity contribution in [2.75, 3.05) is 20.0 Å². The Bertz CT molecular complexity index is 560. The monoisotopic (exact) mass is 275 g/mol. The second-order valence-corrected chi connectivity index (χ2v) is 4.19. The Labute approximate surface area is 117 Å². The molecule has 1 heterocycles. The van der Waals surface area contributed by atoms with Crippen LogP contribution in [0.25, 0.3) is 0 Å². The van der Waals surface area contributed by atoms with E-state index in [0.29, 0.717) is 28.9 Å². The Hall–Kier alpha value is -2.50. The molecular formula is C14H17N3O3. The number of hydrogen-bond donors (Lipinski definition) is 1. The maximum Gasteiger partial charge on any atom is 0.168 e. The summed E-state index contributed by atoms with van der Waals surface area (Å²) in [7, 11) is 3.17. The molecule has 0 aliphatic carbocycles. The second kappa shape index (κ2) is 6.10. The van der Waals surface area contributed by atoms with E-state index in [4.69, 9.17) is 19.9 Å². The molecule has 0 aliphatic rings. The fraction of sp³-hybridized carbons (Fsp3) is 0.286. The predicted octanol–water partition coefficient (Wildman–Crippen LogP) is 1.96. The molecule has 0 fully saturated rings. The fourth-order valence-corrected chi connectivity index (χ4v) is 1.73. The highest BCUT2D eigenvalue weighted by molar-refractivity contribution is 5.42. The Morgan fingerprint density at radius 3 is 2.10 bits per heavy atom. The summed E-state index contributed by atoms with van der Waals surface area (Å²) in [5.74, 6) is 2.89. The van der Waals surface area contributed by atoms with Crippen LogP contribution in [0, 0.1) is 6.92 Å². The van der Waals surface area contributed by atoms with E-state index in [1.807, 2.05) is 6.92 Å². The second-order valence-electron chi connectivity index (χ2n) is 4.19. The van der Waals surface area contributed by atoms with Crippen LogP contribution in [-0.2, 0) is 6.61 Å². The van der Waals surface area contributed by atoms with Gasteiger partial charge in [-0.25, -0.2) is 9.97 Å². The average Bonchev–Trinajstić information content (AvgIpc) is 2.43. The quantitative estimate of drug-likeness (QED) is 0.898. The van der Waals surface area contributed by atoms with E-state index >= 15 is 0 Å². The third-order valence-electron chi connectivity index (χ3n) is 2.61. The zero-order valence-electron chi connectivity index (χ0n) is 11.7. The normalized spacial score (nSPS) is 10.2. The molecule has 6 nitrogen and oxygen atoms in total. The maximum absolute atomic E-state index is 5.67. The number of anilines is 1. The van der Waals surface area contributed by atoms with Crippen molar-refractivity contribution < 1.29 is 14.2 Å². The van der Waals surface area contributed by atoms with Crippen molar-refractivity contribution in [1.82, 2.24) is 9.97 Å². The number of aryl methyl sites for hydroxylation is 1. The number of hydrogen-bond acceptors (Lipinski definition) is 6. The molecule has 1 aromatic heterocycles. The molecule has 0 saturated carbocycles. The Kier molecular flexibility index (Phi) is 4.24. The first-order chi connectivity index (χ1) is 9.60. The van der Waals surface area contributed by atoms with E-state index in [2.05, 4.69) is 9.97 Å². The summed E-state index contributed by atoms with van der Waals surface area (Å²) >= 11 is 0. The molecule has 2 N–H and O–H groups in total. The highest BCUT2D eigenvalue weighted by atomic mass is 16.5. The van der Waals surface area contributed by atoms with Crippen LogP contribution in [0.3, 0.4) is 0 Å². The smallest absolute Gasteiger partial charge is 0.168 e. The fourth-order valence-electron chi connectivity index (χ4n) is 1.73. The lowest BCUT2D eigenvalue weighted by Gasteiger charge is -2.10. The molecule has 0 spiro atoms. The van der Waals surface area contributed by atoms with E-state index in [0.717, 1.165) is 5.69 Å². The van der Waals surface area contributed by atoms with Gasteiger partial charge in [-0.2, -0.15) is 0 Å². The van der Waals surface area contributed by atoms with Crippen LogP contribution in [0.2, 0.25) is 0 Å². The van der Waals surface area contributed by atoms with Gasteiger partial charge >= 0.3 is 0 Å². The van der Waals surface area contributed by atoms with Crippen molar-refractivity contribution in [1.29, 1.82) is 0 Å². The van der Waals surface area contributed by atoms with Crippen molar-refractivity contribution in [3.05, 3.63) is 35.8 Å². The number of nitrogens with two attached hydrogens (primary N) is 1. The van der Waals surface area contributed by atoms with Gasteiger partial charge in [0.15, 0.2) is 5.82 Å². The Morgan fingerprint density at radius 2 is 1.55 bits per heavy atom. The first-order valence-electron chi connectivity index (χ1n) is 6.06. The van der Waals surface area contributed by atoms with Crippen molar-refractivity contribution in [2.24, 2.45) is 0 Å². The molecule has 6 heteroatoms. The van der Waals surface area contributed by atoms with Crippen molar-refractivity contribution in [3.8, 4) is 17.2 Å². The lowest BCUT2D eigenvalue weighted by Crippen LogP contribution is -2.05. The highest BCUT2D eigenvalue weighted by Crippen LogP contribution is 2.27. The van der Waals surface area contributed by atoms with Crippen molar-refractivity contribution in [2.45, 2.75) is 13.5 Å². The van der Waals surface area contributed by atoms with Crippen LogP contribution in [0.1, 0.15) is 11.5 Å². The minimum absolute atomic E-state index is 0.224. The summed E-state index contributed by atoms with van der Waals surface area (Å²) in [6, 6.07) is 7.01. The molecule has 2 rings (SSSR count). The van der Waals surface area contributed by atoms with E-state index in [1.54, 1.807) is 38.5 Å². The molecule has 2 aromatic rings. The molecule has 20 heavy (non-hydrogen) atoms. The number of benzene rings is 1. The van der Waals surface area contributed by atoms with Gasteiger partial charge in [0.2, 0.25) is 0 Å². The van der Waals surface area contributed by atoms with Crippen LogP contribution in [0.5, 0.6) is 17.2 Å². The number of rotatable bonds is 5. The third kappa shape index (κ3) is 3.50. The molecule has 0 radical (unpaired) electrons. The Balaban J connectivity index is 2.13. The van der Waals surface area contributed by atoms with Gasteiger partial charge in [0.1, 0.15) is 29.7 Å². The van der Waals surface area contributed by atoms with Crippen LogP contribution in [0.4, 0.5) is 5.82 Å². The van der Waals surface area contributed by atoms with Crippen LogP contribution in [-0.4, -0.2) is 24.2 Å². The average molecular weight is 275 g/mol. The summed E-state index contributed by atoms with van der Waals surface area (Å²) < 4.78 is 16.0. The molecule has 106 valence electrons. The van der Waals surface area contributed by atoms with Gasteiger partial charge in [0, 0.05) is 30.0 Å². The van der Waals surface area contributed by atoms with Crippen LogP contribution < -0.4 is 19.9 Å². The number of aromatic nitrogens is 2. The molecule has 0 unspecified atom stereocenters. The van der Waals surface area contributed by atoms with Crippen LogP contribution in [0.15, 0.2) is 24.3 Å². The van der Waals surface area contributed by atoms with Gasteiger partial charge in [-0.3, -0.25) is 0 Å². The summed E-state index contributed by atoms with van der Waals surface area (Å²) in [5.41, 5.74) is 6.48. The molecule has 0 amide bonds. The number of methoxy groups -OCH3 is 2. The molecular weight excluding hydrogens is 258 g/mol. The minimum atomic E-state index is 0.224. The molecule has 0 saturated heterocycles. The summed E-state index contributed by atoms with van der Waals surface area (Å²) in [5, 5.41) is 0. The lowest BCUT2D eigenvalue weighted by molar-refractivity contribution is 0.291. The largest absolute Gasteiger partial charge is 0.496 e. The van der Waals surface area contributed by atoms with Crippen LogP contribution >= 0.6 is 0 Å². The minimum Gasteiger partial charge on any atom is -0.496 e. The molecule has 0 bridgehead atoms. The Morgan fingerprint density at radius 1 is 0.950 bits per heavy atom. The zero-order valence-corrected chi connectivity index (χ0v) is 11.7. The van der Waals surface area contributed by atoms with Gasteiger partial charge < -0.3 is 19.9 Å². The molecule has 0 atom stereocenters. The highest BCUT2D eigenvalue weighted by Gasteiger charge is 2.05. The lowest BCUT2D eigenvalue weighted by atomic mass is 10.3. The van der Waals surface area contributed by atoms with Gasteiger partial charge in [0.25, 0.3) is 0 Å². The zero-order chi connectivity index (χ0) is 14.5. The summed E-state index contributed by atoms with van der Waals surface area (Å²) in [4.78, 5) is 8.37. The molecule has 1 aromatic carbocycles. The van der Waals surface area contributed by atoms with E-state index in [-0.39, 0.29) is 6.61 Å². The first kappa shape index (κ1) is 13.9. The number of nitrogen functional groups attached to an aromatic ring is 1. The SMILES string of the molecule is COc1cc(OC)cc(OCc2nc(C)cc(N)n2)c1. The van der Waals surface area contributed by atoms with Gasteiger partial charge in [-0.15, -0.1) is 0 Å². The first-order valence-corrected chi connectivity index (χ1v) is 6.06.